The minimum atomic E-state index is -0.389. The Morgan fingerprint density at radius 3 is 2.58 bits per heavy atom. The highest BCUT2D eigenvalue weighted by atomic mass is 35.5. The fourth-order valence-electron chi connectivity index (χ4n) is 3.08. The molecular weight excluding hydrogens is 391 g/mol. The van der Waals surface area contributed by atoms with Crippen LogP contribution in [0.25, 0.3) is 5.65 Å². The highest BCUT2D eigenvalue weighted by molar-refractivity contribution is 8.00. The number of aromatic nitrogens is 3. The van der Waals surface area contributed by atoms with Gasteiger partial charge in [0.15, 0.2) is 10.8 Å². The third-order valence-corrected chi connectivity index (χ3v) is 6.05. The van der Waals surface area contributed by atoms with E-state index in [0.717, 1.165) is 31.5 Å². The van der Waals surface area contributed by atoms with Crippen LogP contribution < -0.4 is 0 Å². The Balaban J connectivity index is 1.72. The summed E-state index contributed by atoms with van der Waals surface area (Å²) >= 11 is 13.7. The number of hydrogen-bond acceptors (Lipinski definition) is 4. The molecular formula is C18H16Cl2N4OS. The molecule has 1 saturated heterocycles. The van der Waals surface area contributed by atoms with Gasteiger partial charge in [-0.15, -0.1) is 10.2 Å². The van der Waals surface area contributed by atoms with Gasteiger partial charge in [0.2, 0.25) is 5.91 Å². The molecule has 3 aromatic rings. The normalized spacial score (nSPS) is 15.5. The van der Waals surface area contributed by atoms with E-state index in [2.05, 4.69) is 10.2 Å². The number of rotatable bonds is 4. The molecule has 1 aromatic carbocycles. The highest BCUT2D eigenvalue weighted by Gasteiger charge is 2.30. The molecule has 2 aromatic heterocycles. The molecule has 0 spiro atoms. The molecule has 26 heavy (non-hydrogen) atoms. The molecule has 0 aliphatic carbocycles. The van der Waals surface area contributed by atoms with E-state index in [1.807, 2.05) is 35.2 Å². The van der Waals surface area contributed by atoms with Crippen LogP contribution in [-0.4, -0.2) is 38.5 Å². The van der Waals surface area contributed by atoms with Crippen LogP contribution in [0.2, 0.25) is 10.0 Å². The van der Waals surface area contributed by atoms with E-state index >= 15 is 0 Å². The number of halogens is 2. The third kappa shape index (κ3) is 3.41. The van der Waals surface area contributed by atoms with Gasteiger partial charge in [-0.2, -0.15) is 0 Å². The van der Waals surface area contributed by atoms with Crippen LogP contribution in [0.3, 0.4) is 0 Å². The summed E-state index contributed by atoms with van der Waals surface area (Å²) in [5, 5.41) is 9.49. The van der Waals surface area contributed by atoms with Crippen LogP contribution >= 0.6 is 35.0 Å². The number of fused-ring (bicyclic) bond motifs is 1. The molecule has 1 atom stereocenters. The molecule has 1 fully saturated rings. The number of likely N-dealkylation sites (tertiary alicyclic amines) is 1. The molecule has 1 aliphatic rings. The van der Waals surface area contributed by atoms with Gasteiger partial charge in [0.1, 0.15) is 5.25 Å². The number of amides is 1. The smallest absolute Gasteiger partial charge is 0.240 e. The van der Waals surface area contributed by atoms with E-state index in [9.17, 15) is 4.79 Å². The van der Waals surface area contributed by atoms with Crippen LogP contribution in [0.5, 0.6) is 0 Å². The zero-order valence-corrected chi connectivity index (χ0v) is 16.1. The predicted octanol–water partition coefficient (Wildman–Crippen LogP) is 4.49. The first kappa shape index (κ1) is 17.6. The number of pyridine rings is 1. The second kappa shape index (κ2) is 7.47. The van der Waals surface area contributed by atoms with Crippen molar-refractivity contribution in [1.29, 1.82) is 0 Å². The summed E-state index contributed by atoms with van der Waals surface area (Å²) in [6, 6.07) is 11.4. The van der Waals surface area contributed by atoms with Gasteiger partial charge in [0.05, 0.1) is 10.0 Å². The number of carbonyl (C=O) groups excluding carboxylic acids is 1. The van der Waals surface area contributed by atoms with E-state index < -0.39 is 0 Å². The molecule has 4 rings (SSSR count). The third-order valence-electron chi connectivity index (χ3n) is 4.36. The van der Waals surface area contributed by atoms with E-state index in [-0.39, 0.29) is 11.2 Å². The number of hydrogen-bond donors (Lipinski definition) is 0. The average Bonchev–Trinajstić information content (AvgIpc) is 3.30. The molecule has 0 bridgehead atoms. The first-order chi connectivity index (χ1) is 12.6. The van der Waals surface area contributed by atoms with Crippen LogP contribution in [0.4, 0.5) is 0 Å². The molecule has 0 unspecified atom stereocenters. The minimum absolute atomic E-state index is 0.101. The van der Waals surface area contributed by atoms with Gasteiger partial charge in [-0.3, -0.25) is 9.20 Å². The maximum atomic E-state index is 13.1. The van der Waals surface area contributed by atoms with Crippen molar-refractivity contribution in [1.82, 2.24) is 19.5 Å². The summed E-state index contributed by atoms with van der Waals surface area (Å²) in [5.74, 6) is 0.101. The van der Waals surface area contributed by atoms with Gasteiger partial charge in [-0.05, 0) is 24.5 Å². The lowest BCUT2D eigenvalue weighted by atomic mass is 10.1. The number of thioether (sulfide) groups is 1. The first-order valence-corrected chi connectivity index (χ1v) is 9.97. The van der Waals surface area contributed by atoms with Gasteiger partial charge >= 0.3 is 0 Å². The maximum Gasteiger partial charge on any atom is 0.240 e. The molecule has 134 valence electrons. The Morgan fingerprint density at radius 2 is 1.85 bits per heavy atom. The molecule has 0 N–H and O–H groups in total. The van der Waals surface area contributed by atoms with Crippen molar-refractivity contribution in [2.45, 2.75) is 23.2 Å². The van der Waals surface area contributed by atoms with Gasteiger partial charge in [0.25, 0.3) is 0 Å². The molecule has 3 heterocycles. The van der Waals surface area contributed by atoms with E-state index in [0.29, 0.717) is 20.8 Å². The van der Waals surface area contributed by atoms with E-state index in [1.165, 1.54) is 11.8 Å². The van der Waals surface area contributed by atoms with Crippen molar-refractivity contribution < 1.29 is 4.79 Å². The SMILES string of the molecule is O=C([C@H](Sc1nnc2c(Cl)cc(Cl)cn12)c1ccccc1)N1CCCC1. The summed E-state index contributed by atoms with van der Waals surface area (Å²) in [4.78, 5) is 15.1. The number of carbonyl (C=O) groups is 1. The van der Waals surface area contributed by atoms with Crippen molar-refractivity contribution in [3.63, 3.8) is 0 Å². The van der Waals surface area contributed by atoms with Gasteiger partial charge in [0, 0.05) is 19.3 Å². The second-order valence-electron chi connectivity index (χ2n) is 6.12. The molecule has 5 nitrogen and oxygen atoms in total. The van der Waals surface area contributed by atoms with Crippen molar-refractivity contribution in [2.75, 3.05) is 13.1 Å². The fraction of sp³-hybridized carbons (Fsp3) is 0.278. The Labute approximate surface area is 165 Å². The lowest BCUT2D eigenvalue weighted by molar-refractivity contribution is -0.129. The fourth-order valence-corrected chi connectivity index (χ4v) is 4.68. The molecule has 0 saturated carbocycles. The summed E-state index contributed by atoms with van der Waals surface area (Å²) in [5.41, 5.74) is 1.47. The zero-order chi connectivity index (χ0) is 18.1. The van der Waals surface area contributed by atoms with Gasteiger partial charge in [-0.1, -0.05) is 65.3 Å². The lowest BCUT2D eigenvalue weighted by Gasteiger charge is -2.22. The van der Waals surface area contributed by atoms with Gasteiger partial charge in [-0.25, -0.2) is 0 Å². The molecule has 1 aliphatic heterocycles. The molecule has 1 amide bonds. The lowest BCUT2D eigenvalue weighted by Crippen LogP contribution is -2.31. The standard InChI is InChI=1S/C18H16Cl2N4OS/c19-13-10-14(20)16-21-22-18(24(16)11-13)26-15(12-6-2-1-3-7-12)17(25)23-8-4-5-9-23/h1-3,6-7,10-11,15H,4-5,8-9H2/t15-/m1/s1. The monoisotopic (exact) mass is 406 g/mol. The summed E-state index contributed by atoms with van der Waals surface area (Å²) in [6.07, 6.45) is 3.82. The Hall–Kier alpha value is -1.76. The van der Waals surface area contributed by atoms with Crippen LogP contribution in [0.15, 0.2) is 47.8 Å². The zero-order valence-electron chi connectivity index (χ0n) is 13.8. The quantitative estimate of drug-likeness (QED) is 0.598. The summed E-state index contributed by atoms with van der Waals surface area (Å²) < 4.78 is 1.74. The summed E-state index contributed by atoms with van der Waals surface area (Å²) in [7, 11) is 0. The second-order valence-corrected chi connectivity index (χ2v) is 8.04. The Kier molecular flexibility index (Phi) is 5.07. The molecule has 8 heteroatoms. The molecule has 0 radical (unpaired) electrons. The van der Waals surface area contributed by atoms with Crippen LogP contribution in [0.1, 0.15) is 23.7 Å². The maximum absolute atomic E-state index is 13.1. The van der Waals surface area contributed by atoms with Gasteiger partial charge < -0.3 is 4.90 Å². The van der Waals surface area contributed by atoms with Crippen molar-refractivity contribution >= 4 is 46.5 Å². The Bertz CT molecular complexity index is 941. The number of benzene rings is 1. The minimum Gasteiger partial charge on any atom is -0.341 e. The van der Waals surface area contributed by atoms with Crippen LogP contribution in [0, 0.1) is 0 Å². The van der Waals surface area contributed by atoms with Crippen molar-refractivity contribution in [2.24, 2.45) is 0 Å². The predicted molar refractivity (Wildman–Crippen MR) is 104 cm³/mol. The van der Waals surface area contributed by atoms with Crippen molar-refractivity contribution in [3.05, 3.63) is 58.2 Å². The average molecular weight is 407 g/mol. The number of nitrogens with zero attached hydrogens (tertiary/aromatic N) is 4. The van der Waals surface area contributed by atoms with Crippen molar-refractivity contribution in [3.8, 4) is 0 Å². The Morgan fingerprint density at radius 1 is 1.12 bits per heavy atom. The van der Waals surface area contributed by atoms with E-state index in [4.69, 9.17) is 23.2 Å². The first-order valence-electron chi connectivity index (χ1n) is 8.33. The topological polar surface area (TPSA) is 50.5 Å². The van der Waals surface area contributed by atoms with E-state index in [1.54, 1.807) is 16.7 Å². The van der Waals surface area contributed by atoms with Crippen LogP contribution in [-0.2, 0) is 4.79 Å². The highest BCUT2D eigenvalue weighted by Crippen LogP contribution is 2.37. The summed E-state index contributed by atoms with van der Waals surface area (Å²) in [6.45, 7) is 1.61. The largest absolute Gasteiger partial charge is 0.341 e.